The largest absolute Gasteiger partial charge is 0.416 e. The number of fused-ring (bicyclic) bond motifs is 1. The van der Waals surface area contributed by atoms with Crippen LogP contribution in [0.1, 0.15) is 22.3 Å². The molecule has 3 rings (SSSR count). The maximum absolute atomic E-state index is 12.6. The van der Waals surface area contributed by atoms with Crippen LogP contribution in [0.25, 0.3) is 0 Å². The van der Waals surface area contributed by atoms with Gasteiger partial charge >= 0.3 is 6.18 Å². The Morgan fingerprint density at radius 3 is 2.41 bits per heavy atom. The number of amides is 1. The van der Waals surface area contributed by atoms with Crippen molar-refractivity contribution in [2.75, 3.05) is 4.90 Å². The zero-order valence-corrected chi connectivity index (χ0v) is 11.9. The fraction of sp³-hybridized carbons (Fsp3) is 0.235. The molecule has 5 heteroatoms. The lowest BCUT2D eigenvalue weighted by Crippen LogP contribution is -2.26. The maximum Gasteiger partial charge on any atom is 0.416 e. The lowest BCUT2D eigenvalue weighted by atomic mass is 10.1. The zero-order chi connectivity index (χ0) is 15.9. The predicted molar refractivity (Wildman–Crippen MR) is 77.5 cm³/mol. The van der Waals surface area contributed by atoms with E-state index in [1.54, 1.807) is 4.90 Å². The Kier molecular flexibility index (Phi) is 3.43. The van der Waals surface area contributed by atoms with E-state index in [1.807, 2.05) is 25.1 Å². The number of anilines is 1. The third kappa shape index (κ3) is 2.58. The molecule has 0 radical (unpaired) electrons. The van der Waals surface area contributed by atoms with E-state index in [9.17, 15) is 18.0 Å². The van der Waals surface area contributed by atoms with E-state index in [2.05, 4.69) is 0 Å². The van der Waals surface area contributed by atoms with Crippen LogP contribution in [-0.4, -0.2) is 5.91 Å². The van der Waals surface area contributed by atoms with Gasteiger partial charge in [-0.2, -0.15) is 13.2 Å². The van der Waals surface area contributed by atoms with Crippen LogP contribution in [0.4, 0.5) is 18.9 Å². The molecule has 0 saturated carbocycles. The van der Waals surface area contributed by atoms with Gasteiger partial charge in [0.15, 0.2) is 0 Å². The molecule has 2 nitrogen and oxygen atoms in total. The number of aryl methyl sites for hydroxylation is 1. The second kappa shape index (κ2) is 5.16. The summed E-state index contributed by atoms with van der Waals surface area (Å²) in [5.41, 5.74) is 2.85. The first-order valence-electron chi connectivity index (χ1n) is 6.91. The molecule has 1 amide bonds. The molecule has 1 aliphatic heterocycles. The Morgan fingerprint density at radius 1 is 1.09 bits per heavy atom. The van der Waals surface area contributed by atoms with Crippen molar-refractivity contribution in [3.63, 3.8) is 0 Å². The molecule has 0 aromatic heterocycles. The smallest absolute Gasteiger partial charge is 0.307 e. The molecule has 1 aliphatic rings. The summed E-state index contributed by atoms with van der Waals surface area (Å²) in [6.07, 6.45) is -4.00. The normalized spacial score (nSPS) is 14.4. The third-order valence-corrected chi connectivity index (χ3v) is 3.86. The highest BCUT2D eigenvalue weighted by Crippen LogP contribution is 2.34. The van der Waals surface area contributed by atoms with Gasteiger partial charge in [0.2, 0.25) is 5.91 Å². The summed E-state index contributed by atoms with van der Waals surface area (Å²) in [5, 5.41) is 0. The minimum atomic E-state index is -4.34. The van der Waals surface area contributed by atoms with Gasteiger partial charge in [0.05, 0.1) is 24.2 Å². The topological polar surface area (TPSA) is 20.3 Å². The molecule has 0 bridgehead atoms. The van der Waals surface area contributed by atoms with Crippen LogP contribution in [0.15, 0.2) is 42.5 Å². The van der Waals surface area contributed by atoms with Gasteiger partial charge in [-0.25, -0.2) is 0 Å². The summed E-state index contributed by atoms with van der Waals surface area (Å²) in [6.45, 7) is 2.21. The van der Waals surface area contributed by atoms with E-state index in [0.29, 0.717) is 12.0 Å². The molecule has 0 unspecified atom stereocenters. The quantitative estimate of drug-likeness (QED) is 0.818. The van der Waals surface area contributed by atoms with Gasteiger partial charge in [0, 0.05) is 0 Å². The molecule has 0 fully saturated rings. The molecule has 0 aliphatic carbocycles. The number of nitrogens with zero attached hydrogens (tertiary/aromatic N) is 1. The van der Waals surface area contributed by atoms with E-state index >= 15 is 0 Å². The summed E-state index contributed by atoms with van der Waals surface area (Å²) in [6, 6.07) is 10.7. The van der Waals surface area contributed by atoms with Gasteiger partial charge in [0.25, 0.3) is 0 Å². The average molecular weight is 305 g/mol. The summed E-state index contributed by atoms with van der Waals surface area (Å²) >= 11 is 0. The summed E-state index contributed by atoms with van der Waals surface area (Å²) in [5.74, 6) is -0.0239. The molecule has 0 N–H and O–H groups in total. The number of benzene rings is 2. The molecular formula is C17H14F3NO. The van der Waals surface area contributed by atoms with E-state index in [4.69, 9.17) is 0 Å². The van der Waals surface area contributed by atoms with E-state index in [0.717, 1.165) is 28.9 Å². The molecule has 2 aromatic carbocycles. The van der Waals surface area contributed by atoms with E-state index in [1.165, 1.54) is 12.1 Å². The van der Waals surface area contributed by atoms with Crippen LogP contribution in [0, 0.1) is 6.92 Å². The number of halogens is 3. The number of carbonyl (C=O) groups is 1. The number of alkyl halides is 3. The van der Waals surface area contributed by atoms with E-state index in [-0.39, 0.29) is 12.5 Å². The van der Waals surface area contributed by atoms with Crippen LogP contribution in [0.3, 0.4) is 0 Å². The molecule has 2 aromatic rings. The molecule has 0 spiro atoms. The van der Waals surface area contributed by atoms with Crippen LogP contribution in [0.5, 0.6) is 0 Å². The van der Waals surface area contributed by atoms with Gasteiger partial charge in [-0.3, -0.25) is 4.79 Å². The summed E-state index contributed by atoms with van der Waals surface area (Å²) in [7, 11) is 0. The van der Waals surface area contributed by atoms with Gasteiger partial charge in [-0.1, -0.05) is 30.3 Å². The highest BCUT2D eigenvalue weighted by molar-refractivity contribution is 6.02. The maximum atomic E-state index is 12.6. The molecular weight excluding hydrogens is 291 g/mol. The number of carbonyl (C=O) groups excluding carboxylic acids is 1. The fourth-order valence-electron chi connectivity index (χ4n) is 2.78. The Morgan fingerprint density at radius 2 is 1.77 bits per heavy atom. The third-order valence-electron chi connectivity index (χ3n) is 3.86. The van der Waals surface area contributed by atoms with Crippen molar-refractivity contribution in [3.8, 4) is 0 Å². The number of rotatable bonds is 2. The standard InChI is InChI=1S/C17H14F3NO/c1-11-3-2-4-13-9-15(22)21(16(11)13)10-12-5-7-14(8-6-12)17(18,19)20/h2-8H,9-10H2,1H3. The van der Waals surface area contributed by atoms with Crippen LogP contribution in [-0.2, 0) is 23.9 Å². The van der Waals surface area contributed by atoms with Crippen molar-refractivity contribution in [1.82, 2.24) is 0 Å². The SMILES string of the molecule is Cc1cccc2c1N(Cc1ccc(C(F)(F)F)cc1)C(=O)C2. The van der Waals surface area contributed by atoms with Crippen LogP contribution < -0.4 is 4.90 Å². The first-order chi connectivity index (χ1) is 10.4. The van der Waals surface area contributed by atoms with Gasteiger partial charge < -0.3 is 4.90 Å². The van der Waals surface area contributed by atoms with Crippen molar-refractivity contribution in [2.24, 2.45) is 0 Å². The van der Waals surface area contributed by atoms with Crippen molar-refractivity contribution in [3.05, 3.63) is 64.7 Å². The van der Waals surface area contributed by atoms with Crippen molar-refractivity contribution in [2.45, 2.75) is 26.1 Å². The van der Waals surface area contributed by atoms with Crippen molar-refractivity contribution >= 4 is 11.6 Å². The Bertz CT molecular complexity index is 720. The first-order valence-corrected chi connectivity index (χ1v) is 6.91. The van der Waals surface area contributed by atoms with Crippen molar-refractivity contribution in [1.29, 1.82) is 0 Å². The summed E-state index contributed by atoms with van der Waals surface area (Å²) < 4.78 is 37.7. The monoisotopic (exact) mass is 305 g/mol. The van der Waals surface area contributed by atoms with Gasteiger partial charge in [0.1, 0.15) is 0 Å². The lowest BCUT2D eigenvalue weighted by Gasteiger charge is -2.20. The molecule has 1 heterocycles. The number of para-hydroxylation sites is 1. The molecule has 114 valence electrons. The Balaban J connectivity index is 1.87. The minimum Gasteiger partial charge on any atom is -0.307 e. The molecule has 0 atom stereocenters. The lowest BCUT2D eigenvalue weighted by molar-refractivity contribution is -0.137. The van der Waals surface area contributed by atoms with Gasteiger partial charge in [-0.05, 0) is 35.7 Å². The predicted octanol–water partition coefficient (Wildman–Crippen LogP) is 4.10. The second-order valence-electron chi connectivity index (χ2n) is 5.43. The van der Waals surface area contributed by atoms with Crippen molar-refractivity contribution < 1.29 is 18.0 Å². The highest BCUT2D eigenvalue weighted by Gasteiger charge is 2.31. The average Bonchev–Trinajstić information content (AvgIpc) is 2.76. The minimum absolute atomic E-state index is 0.0239. The highest BCUT2D eigenvalue weighted by atomic mass is 19.4. The molecule has 22 heavy (non-hydrogen) atoms. The first kappa shape index (κ1) is 14.6. The summed E-state index contributed by atoms with van der Waals surface area (Å²) in [4.78, 5) is 13.8. The second-order valence-corrected chi connectivity index (χ2v) is 5.43. The zero-order valence-electron chi connectivity index (χ0n) is 11.9. The number of hydrogen-bond donors (Lipinski definition) is 0. The Hall–Kier alpha value is -2.30. The van der Waals surface area contributed by atoms with Gasteiger partial charge in [-0.15, -0.1) is 0 Å². The van der Waals surface area contributed by atoms with Crippen LogP contribution >= 0.6 is 0 Å². The number of hydrogen-bond acceptors (Lipinski definition) is 1. The van der Waals surface area contributed by atoms with E-state index < -0.39 is 11.7 Å². The fourth-order valence-corrected chi connectivity index (χ4v) is 2.78. The van der Waals surface area contributed by atoms with Crippen LogP contribution in [0.2, 0.25) is 0 Å². The Labute approximate surface area is 126 Å². The molecule has 0 saturated heterocycles.